The van der Waals surface area contributed by atoms with Gasteiger partial charge >= 0.3 is 0 Å². The second kappa shape index (κ2) is 11.8. The van der Waals surface area contributed by atoms with E-state index in [-0.39, 0.29) is 24.4 Å². The summed E-state index contributed by atoms with van der Waals surface area (Å²) in [4.78, 5) is 28.9. The molecule has 0 spiro atoms. The van der Waals surface area contributed by atoms with Gasteiger partial charge in [0.1, 0.15) is 18.0 Å². The lowest BCUT2D eigenvalue weighted by molar-refractivity contribution is -0.133. The molecule has 1 aromatic heterocycles. The smallest absolute Gasteiger partial charge is 0.264 e. The Hall–Kier alpha value is -3.69. The first-order chi connectivity index (χ1) is 17.5. The second-order valence-corrected chi connectivity index (χ2v) is 9.12. The molecule has 1 aliphatic rings. The van der Waals surface area contributed by atoms with Gasteiger partial charge in [0.05, 0.1) is 37.5 Å². The number of hydrazone groups is 1. The average Bonchev–Trinajstić information content (AvgIpc) is 3.61. The summed E-state index contributed by atoms with van der Waals surface area (Å²) in [5.74, 6) is 0.933. The molecule has 0 aliphatic carbocycles. The van der Waals surface area contributed by atoms with Gasteiger partial charge in [-0.1, -0.05) is 24.3 Å². The van der Waals surface area contributed by atoms with E-state index >= 15 is 0 Å². The summed E-state index contributed by atoms with van der Waals surface area (Å²) in [6.45, 7) is 0.493. The van der Waals surface area contributed by atoms with Crippen LogP contribution in [0.4, 0.5) is 0 Å². The normalized spacial score (nSPS) is 14.9. The first kappa shape index (κ1) is 25.4. The number of amides is 2. The first-order valence-corrected chi connectivity index (χ1v) is 12.4. The molecule has 0 unspecified atom stereocenters. The Morgan fingerprint density at radius 2 is 1.81 bits per heavy atom. The number of benzene rings is 2. The number of nitrogens with zero attached hydrogens (tertiary/aromatic N) is 3. The first-order valence-electron chi connectivity index (χ1n) is 11.5. The summed E-state index contributed by atoms with van der Waals surface area (Å²) in [7, 11) is 4.80. The van der Waals surface area contributed by atoms with Gasteiger partial charge < -0.3 is 19.1 Å². The Morgan fingerprint density at radius 1 is 1.03 bits per heavy atom. The van der Waals surface area contributed by atoms with Gasteiger partial charge in [0.15, 0.2) is 0 Å². The molecule has 0 N–H and O–H groups in total. The third kappa shape index (κ3) is 5.58. The highest BCUT2D eigenvalue weighted by Crippen LogP contribution is 2.37. The van der Waals surface area contributed by atoms with Crippen molar-refractivity contribution in [2.75, 3.05) is 41.0 Å². The van der Waals surface area contributed by atoms with Crippen LogP contribution in [0, 0.1) is 0 Å². The SMILES string of the molecule is COCCN(CC(=O)N1N=C(c2ccc(OC)cc2)C[C@@H]1c1ccccc1OC)C(=O)c1cccs1. The summed E-state index contributed by atoms with van der Waals surface area (Å²) >= 11 is 1.34. The molecule has 2 heterocycles. The van der Waals surface area contributed by atoms with Crippen molar-refractivity contribution in [1.29, 1.82) is 0 Å². The van der Waals surface area contributed by atoms with Crippen molar-refractivity contribution in [2.45, 2.75) is 12.5 Å². The van der Waals surface area contributed by atoms with Crippen molar-refractivity contribution in [3.63, 3.8) is 0 Å². The molecule has 0 saturated carbocycles. The Bertz CT molecular complexity index is 1210. The van der Waals surface area contributed by atoms with Crippen LogP contribution in [-0.2, 0) is 9.53 Å². The maximum atomic E-state index is 13.7. The molecule has 0 radical (unpaired) electrons. The number of carbonyl (C=O) groups is 2. The minimum Gasteiger partial charge on any atom is -0.497 e. The van der Waals surface area contributed by atoms with Crippen LogP contribution in [0.25, 0.3) is 0 Å². The third-order valence-corrected chi connectivity index (χ3v) is 6.86. The summed E-state index contributed by atoms with van der Waals surface area (Å²) in [6, 6.07) is 18.4. The molecule has 36 heavy (non-hydrogen) atoms. The highest BCUT2D eigenvalue weighted by molar-refractivity contribution is 7.12. The zero-order valence-electron chi connectivity index (χ0n) is 20.5. The highest BCUT2D eigenvalue weighted by Gasteiger charge is 2.36. The van der Waals surface area contributed by atoms with E-state index in [2.05, 4.69) is 0 Å². The van der Waals surface area contributed by atoms with Gasteiger partial charge in [-0.3, -0.25) is 9.59 Å². The van der Waals surface area contributed by atoms with Gasteiger partial charge in [-0.2, -0.15) is 5.10 Å². The van der Waals surface area contributed by atoms with E-state index in [4.69, 9.17) is 19.3 Å². The monoisotopic (exact) mass is 507 g/mol. The van der Waals surface area contributed by atoms with Crippen molar-refractivity contribution < 1.29 is 23.8 Å². The van der Waals surface area contributed by atoms with Crippen LogP contribution in [0.1, 0.15) is 33.3 Å². The van der Waals surface area contributed by atoms with Gasteiger partial charge in [0, 0.05) is 25.6 Å². The number of hydrogen-bond acceptors (Lipinski definition) is 7. The van der Waals surface area contributed by atoms with Crippen molar-refractivity contribution in [2.24, 2.45) is 5.10 Å². The Labute approximate surface area is 214 Å². The Kier molecular flexibility index (Phi) is 8.35. The molecular formula is C27H29N3O5S. The molecule has 9 heteroatoms. The molecule has 4 rings (SSSR count). The van der Waals surface area contributed by atoms with E-state index in [0.717, 1.165) is 22.6 Å². The van der Waals surface area contributed by atoms with Crippen LogP contribution in [0.3, 0.4) is 0 Å². The fourth-order valence-corrected chi connectivity index (χ4v) is 4.82. The molecule has 8 nitrogen and oxygen atoms in total. The molecule has 0 saturated heterocycles. The lowest BCUT2D eigenvalue weighted by Crippen LogP contribution is -2.42. The van der Waals surface area contributed by atoms with Crippen molar-refractivity contribution in [3.8, 4) is 11.5 Å². The van der Waals surface area contributed by atoms with E-state index in [1.165, 1.54) is 21.2 Å². The Morgan fingerprint density at radius 3 is 2.47 bits per heavy atom. The largest absolute Gasteiger partial charge is 0.497 e. The van der Waals surface area contributed by atoms with Gasteiger partial charge in [-0.25, -0.2) is 5.01 Å². The lowest BCUT2D eigenvalue weighted by atomic mass is 9.97. The van der Waals surface area contributed by atoms with Crippen LogP contribution < -0.4 is 9.47 Å². The predicted molar refractivity (Wildman–Crippen MR) is 139 cm³/mol. The second-order valence-electron chi connectivity index (χ2n) is 8.17. The number of ether oxygens (including phenoxy) is 3. The predicted octanol–water partition coefficient (Wildman–Crippen LogP) is 4.23. The maximum Gasteiger partial charge on any atom is 0.264 e. The molecule has 0 bridgehead atoms. The number of hydrogen-bond donors (Lipinski definition) is 0. The number of methoxy groups -OCH3 is 3. The minimum atomic E-state index is -0.369. The number of para-hydroxylation sites is 1. The van der Waals surface area contributed by atoms with Gasteiger partial charge in [-0.05, 0) is 47.3 Å². The van der Waals surface area contributed by atoms with Crippen LogP contribution in [-0.4, -0.2) is 68.5 Å². The maximum absolute atomic E-state index is 13.7. The van der Waals surface area contributed by atoms with E-state index in [0.29, 0.717) is 30.2 Å². The lowest BCUT2D eigenvalue weighted by Gasteiger charge is -2.27. The van der Waals surface area contributed by atoms with Gasteiger partial charge in [0.2, 0.25) is 0 Å². The molecule has 1 atom stereocenters. The summed E-state index contributed by atoms with van der Waals surface area (Å²) in [5.41, 5.74) is 2.53. The number of rotatable bonds is 10. The van der Waals surface area contributed by atoms with Crippen LogP contribution in [0.15, 0.2) is 71.1 Å². The van der Waals surface area contributed by atoms with Crippen molar-refractivity contribution >= 4 is 28.9 Å². The van der Waals surface area contributed by atoms with E-state index in [1.54, 1.807) is 27.4 Å². The average molecular weight is 508 g/mol. The molecule has 0 fully saturated rings. The molecule has 2 aromatic carbocycles. The fourth-order valence-electron chi connectivity index (χ4n) is 4.13. The highest BCUT2D eigenvalue weighted by atomic mass is 32.1. The Balaban J connectivity index is 1.65. The van der Waals surface area contributed by atoms with Crippen LogP contribution in [0.5, 0.6) is 11.5 Å². The van der Waals surface area contributed by atoms with Crippen LogP contribution in [0.2, 0.25) is 0 Å². The fraction of sp³-hybridized carbons (Fsp3) is 0.296. The molecule has 3 aromatic rings. The molecular weight excluding hydrogens is 478 g/mol. The van der Waals surface area contributed by atoms with E-state index < -0.39 is 0 Å². The van der Waals surface area contributed by atoms with Crippen molar-refractivity contribution in [3.05, 3.63) is 82.0 Å². The zero-order chi connectivity index (χ0) is 25.5. The van der Waals surface area contributed by atoms with Gasteiger partial charge in [-0.15, -0.1) is 11.3 Å². The topological polar surface area (TPSA) is 80.7 Å². The van der Waals surface area contributed by atoms with Gasteiger partial charge in [0.25, 0.3) is 11.8 Å². The molecule has 1 aliphatic heterocycles. The zero-order valence-corrected chi connectivity index (χ0v) is 21.4. The minimum absolute atomic E-state index is 0.120. The van der Waals surface area contributed by atoms with E-state index in [1.807, 2.05) is 60.0 Å². The summed E-state index contributed by atoms with van der Waals surface area (Å²) in [5, 5.41) is 8.07. The van der Waals surface area contributed by atoms with E-state index in [9.17, 15) is 9.59 Å². The molecule has 2 amide bonds. The standard InChI is InChI=1S/C27H29N3O5S/c1-33-15-14-29(27(32)25-9-6-16-36-25)18-26(31)30-23(21-7-4-5-8-24(21)35-3)17-22(28-30)19-10-12-20(34-2)13-11-19/h4-13,16,23H,14-15,17-18H2,1-3H3/t23-/m1/s1. The summed E-state index contributed by atoms with van der Waals surface area (Å²) < 4.78 is 16.1. The summed E-state index contributed by atoms with van der Waals surface area (Å²) in [6.07, 6.45) is 0.509. The number of carbonyl (C=O) groups excluding carboxylic acids is 2. The van der Waals surface area contributed by atoms with Crippen molar-refractivity contribution in [1.82, 2.24) is 9.91 Å². The number of thiophene rings is 1. The third-order valence-electron chi connectivity index (χ3n) is 6.00. The molecule has 188 valence electrons. The quantitative estimate of drug-likeness (QED) is 0.410. The van der Waals surface area contributed by atoms with Crippen LogP contribution >= 0.6 is 11.3 Å².